The summed E-state index contributed by atoms with van der Waals surface area (Å²) in [6, 6.07) is 13.8. The van der Waals surface area contributed by atoms with Gasteiger partial charge in [-0.2, -0.15) is 0 Å². The van der Waals surface area contributed by atoms with Gasteiger partial charge in [-0.3, -0.25) is 4.79 Å². The van der Waals surface area contributed by atoms with E-state index in [1.165, 1.54) is 24.9 Å². The number of piperidine rings is 1. The summed E-state index contributed by atoms with van der Waals surface area (Å²) in [7, 11) is 1.63. The van der Waals surface area contributed by atoms with Gasteiger partial charge in [-0.05, 0) is 55.7 Å². The number of amides is 1. The third-order valence-corrected chi connectivity index (χ3v) is 4.98. The summed E-state index contributed by atoms with van der Waals surface area (Å²) in [5.41, 5.74) is 3.54. The number of aromatic nitrogens is 1. The molecule has 0 unspecified atom stereocenters. The lowest BCUT2D eigenvalue weighted by Crippen LogP contribution is -2.29. The zero-order chi connectivity index (χ0) is 17.9. The molecule has 0 atom stereocenters. The van der Waals surface area contributed by atoms with E-state index in [-0.39, 0.29) is 5.91 Å². The Bertz CT molecular complexity index is 909. The molecule has 2 N–H and O–H groups in total. The Balaban J connectivity index is 1.49. The fraction of sp³-hybridized carbons (Fsp3) is 0.286. The van der Waals surface area contributed by atoms with Gasteiger partial charge in [-0.15, -0.1) is 0 Å². The molecule has 1 aromatic heterocycles. The SMILES string of the molecule is COc1ccc2c(C(=O)Nc3ccc(N4CCCCC4)cc3)c[nH]c2c1. The Labute approximate surface area is 153 Å². The van der Waals surface area contributed by atoms with Crippen molar-refractivity contribution in [3.8, 4) is 5.75 Å². The van der Waals surface area contributed by atoms with Crippen LogP contribution in [0, 0.1) is 0 Å². The molecule has 4 rings (SSSR count). The highest BCUT2D eigenvalue weighted by molar-refractivity contribution is 6.12. The number of nitrogens with zero attached hydrogens (tertiary/aromatic N) is 1. The van der Waals surface area contributed by atoms with Gasteiger partial charge in [-0.1, -0.05) is 0 Å². The van der Waals surface area contributed by atoms with Gasteiger partial charge in [0.25, 0.3) is 5.91 Å². The average Bonchev–Trinajstić information content (AvgIpc) is 3.12. The van der Waals surface area contributed by atoms with Crippen LogP contribution in [0.5, 0.6) is 5.75 Å². The number of fused-ring (bicyclic) bond motifs is 1. The van der Waals surface area contributed by atoms with Crippen molar-refractivity contribution in [3.05, 3.63) is 54.2 Å². The van der Waals surface area contributed by atoms with Gasteiger partial charge in [0, 0.05) is 47.6 Å². The van der Waals surface area contributed by atoms with Crippen molar-refractivity contribution in [2.24, 2.45) is 0 Å². The number of carbonyl (C=O) groups is 1. The van der Waals surface area contributed by atoms with Gasteiger partial charge in [0.1, 0.15) is 5.75 Å². The van der Waals surface area contributed by atoms with Crippen LogP contribution in [0.25, 0.3) is 10.9 Å². The Morgan fingerprint density at radius 1 is 1.08 bits per heavy atom. The smallest absolute Gasteiger partial charge is 0.257 e. The van der Waals surface area contributed by atoms with Crippen molar-refractivity contribution in [3.63, 3.8) is 0 Å². The Morgan fingerprint density at radius 2 is 1.85 bits per heavy atom. The van der Waals surface area contributed by atoms with Crippen molar-refractivity contribution in [2.75, 3.05) is 30.4 Å². The second kappa shape index (κ2) is 7.12. The number of carbonyl (C=O) groups excluding carboxylic acids is 1. The van der Waals surface area contributed by atoms with Crippen LogP contribution in [0.3, 0.4) is 0 Å². The standard InChI is InChI=1S/C21H23N3O2/c1-26-17-9-10-18-19(14-22-20(18)13-17)21(25)23-15-5-7-16(8-6-15)24-11-3-2-4-12-24/h5-10,13-14,22H,2-4,11-12H2,1H3,(H,23,25). The zero-order valence-electron chi connectivity index (χ0n) is 14.9. The highest BCUT2D eigenvalue weighted by Crippen LogP contribution is 2.25. The third kappa shape index (κ3) is 3.25. The number of rotatable bonds is 4. The molecule has 0 radical (unpaired) electrons. The van der Waals surface area contributed by atoms with Gasteiger partial charge in [0.05, 0.1) is 12.7 Å². The van der Waals surface area contributed by atoms with Crippen molar-refractivity contribution < 1.29 is 9.53 Å². The van der Waals surface area contributed by atoms with E-state index in [0.29, 0.717) is 5.56 Å². The number of benzene rings is 2. The summed E-state index contributed by atoms with van der Waals surface area (Å²) in [5, 5.41) is 3.87. The van der Waals surface area contributed by atoms with Crippen LogP contribution in [-0.2, 0) is 0 Å². The van der Waals surface area contributed by atoms with E-state index >= 15 is 0 Å². The molecule has 3 aromatic rings. The van der Waals surface area contributed by atoms with Crippen LogP contribution in [0.2, 0.25) is 0 Å². The molecule has 1 fully saturated rings. The summed E-state index contributed by atoms with van der Waals surface area (Å²) in [6.07, 6.45) is 5.57. The molecular weight excluding hydrogens is 326 g/mol. The fourth-order valence-electron chi connectivity index (χ4n) is 3.53. The van der Waals surface area contributed by atoms with Gasteiger partial charge in [-0.25, -0.2) is 0 Å². The molecule has 1 aliphatic heterocycles. The number of H-pyrrole nitrogens is 1. The van der Waals surface area contributed by atoms with Crippen LogP contribution in [0.15, 0.2) is 48.7 Å². The first-order chi connectivity index (χ1) is 12.7. The van der Waals surface area contributed by atoms with Gasteiger partial charge >= 0.3 is 0 Å². The Morgan fingerprint density at radius 3 is 2.58 bits per heavy atom. The molecule has 134 valence electrons. The van der Waals surface area contributed by atoms with E-state index in [1.807, 2.05) is 30.3 Å². The highest BCUT2D eigenvalue weighted by atomic mass is 16.5. The average molecular weight is 349 g/mol. The molecule has 0 bridgehead atoms. The number of hydrogen-bond donors (Lipinski definition) is 2. The normalized spacial score (nSPS) is 14.4. The van der Waals surface area contributed by atoms with E-state index in [9.17, 15) is 4.79 Å². The summed E-state index contributed by atoms with van der Waals surface area (Å²) in [4.78, 5) is 18.2. The number of nitrogens with one attached hydrogen (secondary N) is 2. The lowest BCUT2D eigenvalue weighted by molar-refractivity contribution is 0.102. The first-order valence-electron chi connectivity index (χ1n) is 9.06. The molecule has 2 aromatic carbocycles. The van der Waals surface area contributed by atoms with Gasteiger partial charge in [0.2, 0.25) is 0 Å². The van der Waals surface area contributed by atoms with E-state index in [4.69, 9.17) is 4.74 Å². The van der Waals surface area contributed by atoms with Crippen LogP contribution in [-0.4, -0.2) is 31.1 Å². The number of hydrogen-bond acceptors (Lipinski definition) is 3. The molecule has 0 spiro atoms. The lowest BCUT2D eigenvalue weighted by Gasteiger charge is -2.28. The summed E-state index contributed by atoms with van der Waals surface area (Å²) in [5.74, 6) is 0.645. The third-order valence-electron chi connectivity index (χ3n) is 4.98. The predicted molar refractivity (Wildman–Crippen MR) is 105 cm³/mol. The molecule has 26 heavy (non-hydrogen) atoms. The molecule has 0 aliphatic carbocycles. The number of methoxy groups -OCH3 is 1. The van der Waals surface area contributed by atoms with Crippen molar-refractivity contribution >= 4 is 28.2 Å². The number of aromatic amines is 1. The largest absolute Gasteiger partial charge is 0.497 e. The summed E-state index contributed by atoms with van der Waals surface area (Å²) < 4.78 is 5.22. The van der Waals surface area contributed by atoms with E-state index in [2.05, 4.69) is 27.3 Å². The minimum Gasteiger partial charge on any atom is -0.497 e. The zero-order valence-corrected chi connectivity index (χ0v) is 14.9. The molecular formula is C21H23N3O2. The lowest BCUT2D eigenvalue weighted by atomic mass is 10.1. The molecule has 1 amide bonds. The van der Waals surface area contributed by atoms with Crippen LogP contribution in [0.1, 0.15) is 29.6 Å². The Kier molecular flexibility index (Phi) is 4.52. The first kappa shape index (κ1) is 16.5. The quantitative estimate of drug-likeness (QED) is 0.733. The molecule has 1 saturated heterocycles. The maximum absolute atomic E-state index is 12.7. The van der Waals surface area contributed by atoms with E-state index in [1.54, 1.807) is 13.3 Å². The topological polar surface area (TPSA) is 57.4 Å². The molecule has 2 heterocycles. The molecule has 5 nitrogen and oxygen atoms in total. The summed E-state index contributed by atoms with van der Waals surface area (Å²) >= 11 is 0. The number of ether oxygens (including phenoxy) is 1. The molecule has 5 heteroatoms. The minimum atomic E-state index is -0.118. The summed E-state index contributed by atoms with van der Waals surface area (Å²) in [6.45, 7) is 2.23. The van der Waals surface area contributed by atoms with Crippen molar-refractivity contribution in [1.82, 2.24) is 4.98 Å². The molecule has 0 saturated carbocycles. The predicted octanol–water partition coefficient (Wildman–Crippen LogP) is 4.42. The van der Waals surface area contributed by atoms with Crippen LogP contribution < -0.4 is 15.0 Å². The van der Waals surface area contributed by atoms with E-state index < -0.39 is 0 Å². The minimum absolute atomic E-state index is 0.118. The van der Waals surface area contributed by atoms with E-state index in [0.717, 1.165) is 35.4 Å². The fourth-order valence-corrected chi connectivity index (χ4v) is 3.53. The van der Waals surface area contributed by atoms with Crippen molar-refractivity contribution in [2.45, 2.75) is 19.3 Å². The first-order valence-corrected chi connectivity index (χ1v) is 9.06. The number of anilines is 2. The Hall–Kier alpha value is -2.95. The van der Waals surface area contributed by atoms with Gasteiger partial charge in [0.15, 0.2) is 0 Å². The van der Waals surface area contributed by atoms with Crippen molar-refractivity contribution in [1.29, 1.82) is 0 Å². The van der Waals surface area contributed by atoms with Crippen LogP contribution >= 0.6 is 0 Å². The maximum atomic E-state index is 12.7. The second-order valence-corrected chi connectivity index (χ2v) is 6.66. The highest BCUT2D eigenvalue weighted by Gasteiger charge is 2.14. The molecule has 1 aliphatic rings. The maximum Gasteiger partial charge on any atom is 0.257 e. The van der Waals surface area contributed by atoms with Crippen LogP contribution in [0.4, 0.5) is 11.4 Å². The van der Waals surface area contributed by atoms with Gasteiger partial charge < -0.3 is 19.9 Å². The second-order valence-electron chi connectivity index (χ2n) is 6.66. The monoisotopic (exact) mass is 349 g/mol.